The van der Waals surface area contributed by atoms with E-state index in [0.717, 1.165) is 40.6 Å². The van der Waals surface area contributed by atoms with Gasteiger partial charge in [-0.1, -0.05) is 19.1 Å². The highest BCUT2D eigenvalue weighted by Crippen LogP contribution is 2.52. The average molecular weight is 677 g/mol. The van der Waals surface area contributed by atoms with Gasteiger partial charge in [-0.2, -0.15) is 0 Å². The van der Waals surface area contributed by atoms with E-state index in [-0.39, 0.29) is 48.3 Å². The minimum absolute atomic E-state index is 0.0160. The highest BCUT2D eigenvalue weighted by Gasteiger charge is 2.59. The number of benzene rings is 1. The number of ether oxygens (including phenoxy) is 1. The van der Waals surface area contributed by atoms with Crippen molar-refractivity contribution in [2.24, 2.45) is 17.8 Å². The number of carbonyl (C=O) groups is 5. The van der Waals surface area contributed by atoms with Crippen LogP contribution < -0.4 is 5.32 Å². The molecule has 5 amide bonds. The van der Waals surface area contributed by atoms with Crippen molar-refractivity contribution in [3.8, 4) is 0 Å². The first-order chi connectivity index (χ1) is 23.6. The van der Waals surface area contributed by atoms with Gasteiger partial charge in [0.05, 0.1) is 11.5 Å². The Hall–Kier alpha value is -3.93. The second-order valence-electron chi connectivity index (χ2n) is 14.5. The maximum atomic E-state index is 14.8. The van der Waals surface area contributed by atoms with Crippen LogP contribution in [0.3, 0.4) is 0 Å². The molecule has 2 saturated heterocycles. The van der Waals surface area contributed by atoms with Crippen LogP contribution in [0, 0.1) is 17.8 Å². The summed E-state index contributed by atoms with van der Waals surface area (Å²) in [5.74, 6) is -1.05. The Balaban J connectivity index is 1.31. The highest BCUT2D eigenvalue weighted by atomic mass is 16.5. The molecule has 3 atom stereocenters. The van der Waals surface area contributed by atoms with Gasteiger partial charge < -0.3 is 34.6 Å². The summed E-state index contributed by atoms with van der Waals surface area (Å²) in [7, 11) is 5.14. The molecule has 1 aromatic carbocycles. The van der Waals surface area contributed by atoms with Crippen molar-refractivity contribution >= 4 is 40.4 Å². The predicted octanol–water partition coefficient (Wildman–Crippen LogP) is 2.44. The number of aryl methyl sites for hydroxylation is 1. The molecule has 266 valence electrons. The summed E-state index contributed by atoms with van der Waals surface area (Å²) in [6.45, 7) is 5.46. The number of amides is 5. The fourth-order valence-corrected chi connectivity index (χ4v) is 8.38. The third kappa shape index (κ3) is 6.80. The Morgan fingerprint density at radius 2 is 1.76 bits per heavy atom. The fraction of sp³-hybridized carbons (Fsp3) is 0.649. The number of aromatic amines is 1. The number of nitrogens with one attached hydrogen (secondary N) is 2. The van der Waals surface area contributed by atoms with Crippen molar-refractivity contribution in [3.05, 3.63) is 35.0 Å². The third-order valence-corrected chi connectivity index (χ3v) is 11.3. The van der Waals surface area contributed by atoms with E-state index in [9.17, 15) is 24.0 Å². The Morgan fingerprint density at radius 3 is 2.41 bits per heavy atom. The summed E-state index contributed by atoms with van der Waals surface area (Å²) in [4.78, 5) is 78.2. The summed E-state index contributed by atoms with van der Waals surface area (Å²) in [6.07, 6.45) is 5.10. The molecule has 2 aromatic rings. The van der Waals surface area contributed by atoms with Crippen LogP contribution in [0.25, 0.3) is 10.9 Å². The first kappa shape index (κ1) is 34.9. The number of rotatable bonds is 12. The van der Waals surface area contributed by atoms with Gasteiger partial charge in [0.2, 0.25) is 29.5 Å². The lowest BCUT2D eigenvalue weighted by Gasteiger charge is -2.56. The Labute approximate surface area is 288 Å². The van der Waals surface area contributed by atoms with E-state index in [1.807, 2.05) is 14.7 Å². The van der Waals surface area contributed by atoms with Gasteiger partial charge in [0.1, 0.15) is 0 Å². The van der Waals surface area contributed by atoms with Crippen LogP contribution in [-0.4, -0.2) is 121 Å². The molecule has 0 radical (unpaired) electrons. The fourth-order valence-electron chi connectivity index (χ4n) is 8.38. The number of H-pyrrole nitrogens is 1. The van der Waals surface area contributed by atoms with E-state index in [1.165, 1.54) is 0 Å². The molecule has 0 bridgehead atoms. The van der Waals surface area contributed by atoms with Crippen molar-refractivity contribution in [2.45, 2.75) is 70.3 Å². The summed E-state index contributed by atoms with van der Waals surface area (Å²) >= 11 is 0. The Kier molecular flexibility index (Phi) is 10.3. The quantitative estimate of drug-likeness (QED) is 0.332. The van der Waals surface area contributed by atoms with Gasteiger partial charge in [-0.3, -0.25) is 24.0 Å². The first-order valence-electron chi connectivity index (χ1n) is 18.1. The lowest BCUT2D eigenvalue weighted by molar-refractivity contribution is -0.168. The molecule has 0 unspecified atom stereocenters. The molecule has 0 spiro atoms. The summed E-state index contributed by atoms with van der Waals surface area (Å²) in [5.41, 5.74) is 3.14. The lowest BCUT2D eigenvalue weighted by Crippen LogP contribution is -2.66. The Morgan fingerprint density at radius 1 is 1.04 bits per heavy atom. The smallest absolute Gasteiger partial charge is 0.228 e. The minimum atomic E-state index is -0.895. The number of nitrogens with zero attached hydrogens (tertiary/aromatic N) is 4. The zero-order valence-corrected chi connectivity index (χ0v) is 29.5. The largest absolute Gasteiger partial charge is 0.385 e. The van der Waals surface area contributed by atoms with E-state index in [4.69, 9.17) is 4.74 Å². The molecule has 4 heterocycles. The highest BCUT2D eigenvalue weighted by molar-refractivity contribution is 5.93. The molecule has 1 saturated carbocycles. The van der Waals surface area contributed by atoms with Crippen molar-refractivity contribution in [1.29, 1.82) is 0 Å². The molecule has 12 heteroatoms. The van der Waals surface area contributed by atoms with Crippen LogP contribution in [0.15, 0.2) is 18.2 Å². The van der Waals surface area contributed by atoms with Crippen molar-refractivity contribution < 1.29 is 28.7 Å². The summed E-state index contributed by atoms with van der Waals surface area (Å²) < 4.78 is 5.10. The molecule has 3 aliphatic heterocycles. The predicted molar refractivity (Wildman–Crippen MR) is 184 cm³/mol. The van der Waals surface area contributed by atoms with E-state index < -0.39 is 17.4 Å². The van der Waals surface area contributed by atoms with Crippen LogP contribution in [0.1, 0.15) is 68.7 Å². The number of piperazine rings is 1. The van der Waals surface area contributed by atoms with Gasteiger partial charge in [0.25, 0.3) is 0 Å². The van der Waals surface area contributed by atoms with Gasteiger partial charge in [-0.15, -0.1) is 0 Å². The second-order valence-corrected chi connectivity index (χ2v) is 14.5. The van der Waals surface area contributed by atoms with E-state index >= 15 is 0 Å². The SMILES string of the molecule is CC[C@]12c3[nH]c4cc(CCC(=O)N(C)C)ccc4c3CCN1C(=O)[C@@H](CC(=O)NCCCOC)C[C@@H]2C(=O)N1CCN(C(=O)C2CC2)CC1. The maximum absolute atomic E-state index is 14.8. The molecule has 1 aromatic heterocycles. The van der Waals surface area contributed by atoms with Gasteiger partial charge in [-0.05, 0) is 62.1 Å². The van der Waals surface area contributed by atoms with Gasteiger partial charge in [0, 0.05) is 108 Å². The van der Waals surface area contributed by atoms with Crippen LogP contribution >= 0.6 is 0 Å². The number of aromatic nitrogens is 1. The van der Waals surface area contributed by atoms with E-state index in [0.29, 0.717) is 78.0 Å². The number of carbonyl (C=O) groups excluding carboxylic acids is 5. The number of hydrogen-bond donors (Lipinski definition) is 2. The van der Waals surface area contributed by atoms with E-state index in [2.05, 4.69) is 35.4 Å². The molecule has 4 aliphatic rings. The second kappa shape index (κ2) is 14.5. The van der Waals surface area contributed by atoms with Crippen LogP contribution in [0.4, 0.5) is 0 Å². The lowest BCUT2D eigenvalue weighted by atomic mass is 9.65. The first-order valence-corrected chi connectivity index (χ1v) is 18.1. The molecule has 12 nitrogen and oxygen atoms in total. The van der Waals surface area contributed by atoms with Crippen LogP contribution in [-0.2, 0) is 47.1 Å². The zero-order chi connectivity index (χ0) is 34.9. The molecular weight excluding hydrogens is 624 g/mol. The molecule has 49 heavy (non-hydrogen) atoms. The standard InChI is InChI=1S/C37H52N6O6/c1-5-37-29(36(48)42-18-16-41(17-19-42)34(46)25-9-10-25)22-26(23-31(44)38-14-6-20-49-4)35(47)43(37)15-13-28-27-11-7-24(8-12-32(45)40(2)3)21-30(27)39-33(28)37/h7,11,21,25-26,29,39H,5-6,8-10,12-20,22-23H2,1-4H3,(H,38,44)/t26-,29-,37+/m1/s1. The third-order valence-electron chi connectivity index (χ3n) is 11.3. The zero-order valence-electron chi connectivity index (χ0n) is 29.5. The van der Waals surface area contributed by atoms with Crippen molar-refractivity contribution in [3.63, 3.8) is 0 Å². The summed E-state index contributed by atoms with van der Waals surface area (Å²) in [5, 5.41) is 4.00. The van der Waals surface area contributed by atoms with Crippen LogP contribution in [0.2, 0.25) is 0 Å². The number of methoxy groups -OCH3 is 1. The van der Waals surface area contributed by atoms with Crippen molar-refractivity contribution in [1.82, 2.24) is 29.9 Å². The topological polar surface area (TPSA) is 135 Å². The molecule has 6 rings (SSSR count). The number of piperidine rings is 1. The van der Waals surface area contributed by atoms with Gasteiger partial charge in [0.15, 0.2) is 0 Å². The molecule has 3 fully saturated rings. The average Bonchev–Trinajstić information content (AvgIpc) is 3.89. The minimum Gasteiger partial charge on any atom is -0.385 e. The molecule has 1 aliphatic carbocycles. The Bertz CT molecular complexity index is 1590. The normalized spacial score (nSPS) is 23.7. The molecular formula is C37H52N6O6. The number of hydrogen-bond acceptors (Lipinski definition) is 6. The summed E-state index contributed by atoms with van der Waals surface area (Å²) in [6, 6.07) is 6.27. The van der Waals surface area contributed by atoms with Gasteiger partial charge >= 0.3 is 0 Å². The molecule has 2 N–H and O–H groups in total. The van der Waals surface area contributed by atoms with Crippen LogP contribution in [0.5, 0.6) is 0 Å². The van der Waals surface area contributed by atoms with Crippen molar-refractivity contribution in [2.75, 3.05) is 67.1 Å². The van der Waals surface area contributed by atoms with E-state index in [1.54, 1.807) is 26.1 Å². The number of fused-ring (bicyclic) bond motifs is 5. The van der Waals surface area contributed by atoms with Gasteiger partial charge in [-0.25, -0.2) is 0 Å². The monoisotopic (exact) mass is 676 g/mol. The maximum Gasteiger partial charge on any atom is 0.228 e.